The van der Waals surface area contributed by atoms with E-state index in [2.05, 4.69) is 11.8 Å². The Bertz CT molecular complexity index is 219. The third kappa shape index (κ3) is 2.35. The summed E-state index contributed by atoms with van der Waals surface area (Å²) in [5.74, 6) is 1.56. The molecule has 0 aromatic carbocycles. The van der Waals surface area contributed by atoms with E-state index >= 15 is 0 Å². The van der Waals surface area contributed by atoms with Gasteiger partial charge in [0.05, 0.1) is 5.84 Å². The maximum absolute atomic E-state index is 8.34. The van der Waals surface area contributed by atoms with Gasteiger partial charge in [-0.15, -0.1) is 0 Å². The zero-order valence-electron chi connectivity index (χ0n) is 9.97. The van der Waals surface area contributed by atoms with Crippen molar-refractivity contribution in [1.82, 2.24) is 4.90 Å². The maximum atomic E-state index is 8.34. The van der Waals surface area contributed by atoms with Crippen molar-refractivity contribution < 1.29 is 0 Å². The van der Waals surface area contributed by atoms with Crippen LogP contribution in [0.4, 0.5) is 0 Å². The van der Waals surface area contributed by atoms with E-state index in [0.717, 1.165) is 12.4 Å². The largest absolute Gasteiger partial charge is 0.357 e. The molecule has 2 rings (SSSR count). The minimum Gasteiger partial charge on any atom is -0.357 e. The first-order chi connectivity index (χ1) is 7.33. The van der Waals surface area contributed by atoms with Crippen LogP contribution in [0.2, 0.25) is 0 Å². The van der Waals surface area contributed by atoms with Crippen LogP contribution in [0.3, 0.4) is 0 Å². The number of amidine groups is 1. The van der Waals surface area contributed by atoms with Gasteiger partial charge in [0.25, 0.3) is 0 Å². The lowest BCUT2D eigenvalue weighted by atomic mass is 9.87. The van der Waals surface area contributed by atoms with Gasteiger partial charge in [-0.2, -0.15) is 0 Å². The number of rotatable bonds is 2. The first kappa shape index (κ1) is 11.0. The van der Waals surface area contributed by atoms with E-state index in [1.54, 1.807) is 0 Å². The fourth-order valence-electron chi connectivity index (χ4n) is 3.19. The van der Waals surface area contributed by atoms with Crippen LogP contribution in [0.1, 0.15) is 58.3 Å². The predicted molar refractivity (Wildman–Crippen MR) is 64.3 cm³/mol. The fourth-order valence-corrected chi connectivity index (χ4v) is 3.19. The van der Waals surface area contributed by atoms with Crippen molar-refractivity contribution in [2.45, 2.75) is 64.3 Å². The Morgan fingerprint density at radius 1 is 1.13 bits per heavy atom. The van der Waals surface area contributed by atoms with Gasteiger partial charge in [0.2, 0.25) is 0 Å². The molecule has 2 aliphatic rings. The normalized spacial score (nSPS) is 28.3. The molecule has 15 heavy (non-hydrogen) atoms. The van der Waals surface area contributed by atoms with Crippen LogP contribution in [-0.4, -0.2) is 23.3 Å². The highest BCUT2D eigenvalue weighted by Gasteiger charge is 2.29. The average molecular weight is 208 g/mol. The molecule has 0 spiro atoms. The average Bonchev–Trinajstić information content (AvgIpc) is 2.77. The lowest BCUT2D eigenvalue weighted by molar-refractivity contribution is 0.330. The lowest BCUT2D eigenvalue weighted by Gasteiger charge is -2.32. The molecule has 1 unspecified atom stereocenters. The zero-order chi connectivity index (χ0) is 10.7. The van der Waals surface area contributed by atoms with Crippen LogP contribution in [0, 0.1) is 11.3 Å². The summed E-state index contributed by atoms with van der Waals surface area (Å²) in [6.07, 6.45) is 10.4. The second kappa shape index (κ2) is 5.00. The lowest BCUT2D eigenvalue weighted by Crippen LogP contribution is -2.39. The fraction of sp³-hybridized carbons (Fsp3) is 0.923. The second-order valence-corrected chi connectivity index (χ2v) is 5.12. The van der Waals surface area contributed by atoms with E-state index in [0.29, 0.717) is 12.0 Å². The molecule has 2 nitrogen and oxygen atoms in total. The molecule has 1 N–H and O–H groups in total. The smallest absolute Gasteiger partial charge is 0.0991 e. The Balaban J connectivity index is 1.93. The molecule has 0 aromatic heterocycles. The molecule has 1 heterocycles. The molecule has 0 radical (unpaired) electrons. The molecule has 2 heteroatoms. The highest BCUT2D eigenvalue weighted by Crippen LogP contribution is 2.29. The summed E-state index contributed by atoms with van der Waals surface area (Å²) in [5.41, 5.74) is 0. The minimum atomic E-state index is 0.589. The summed E-state index contributed by atoms with van der Waals surface area (Å²) < 4.78 is 0. The van der Waals surface area contributed by atoms with Gasteiger partial charge in [-0.1, -0.05) is 26.2 Å². The standard InChI is InChI=1S/C13H24N2/c1-2-12-9-6-10-15(12)13(14)11-7-4-3-5-8-11/h11-12,14H,2-10H2,1H3. The zero-order valence-corrected chi connectivity index (χ0v) is 9.97. The van der Waals surface area contributed by atoms with Crippen molar-refractivity contribution in [3.05, 3.63) is 0 Å². The van der Waals surface area contributed by atoms with E-state index in [1.165, 1.54) is 51.4 Å². The molecule has 0 aromatic rings. The molecule has 2 fully saturated rings. The van der Waals surface area contributed by atoms with Gasteiger partial charge >= 0.3 is 0 Å². The van der Waals surface area contributed by atoms with Gasteiger partial charge in [0.1, 0.15) is 0 Å². The van der Waals surface area contributed by atoms with Gasteiger partial charge in [-0.05, 0) is 32.1 Å². The van der Waals surface area contributed by atoms with Crippen LogP contribution in [0.5, 0.6) is 0 Å². The molecule has 0 amide bonds. The number of hydrogen-bond donors (Lipinski definition) is 1. The van der Waals surface area contributed by atoms with Crippen LogP contribution in [0.25, 0.3) is 0 Å². The monoisotopic (exact) mass is 208 g/mol. The SMILES string of the molecule is CCC1CCCN1C(=N)C1CCCCC1. The van der Waals surface area contributed by atoms with Gasteiger partial charge in [0, 0.05) is 18.5 Å². The second-order valence-electron chi connectivity index (χ2n) is 5.12. The Kier molecular flexibility index (Phi) is 3.66. The topological polar surface area (TPSA) is 27.1 Å². The van der Waals surface area contributed by atoms with Crippen LogP contribution < -0.4 is 0 Å². The van der Waals surface area contributed by atoms with Gasteiger partial charge in [0.15, 0.2) is 0 Å². The third-order valence-electron chi connectivity index (χ3n) is 4.15. The van der Waals surface area contributed by atoms with Crippen molar-refractivity contribution in [2.24, 2.45) is 5.92 Å². The van der Waals surface area contributed by atoms with E-state index < -0.39 is 0 Å². The molecule has 1 saturated carbocycles. The molecule has 86 valence electrons. The molecule has 1 aliphatic carbocycles. The number of nitrogens with zero attached hydrogens (tertiary/aromatic N) is 1. The van der Waals surface area contributed by atoms with Crippen molar-refractivity contribution in [1.29, 1.82) is 5.41 Å². The molecule has 1 atom stereocenters. The maximum Gasteiger partial charge on any atom is 0.0991 e. The highest BCUT2D eigenvalue weighted by atomic mass is 15.2. The summed E-state index contributed by atoms with van der Waals surface area (Å²) in [4.78, 5) is 2.40. The number of likely N-dealkylation sites (tertiary alicyclic amines) is 1. The predicted octanol–water partition coefficient (Wildman–Crippen LogP) is 3.42. The van der Waals surface area contributed by atoms with E-state index in [4.69, 9.17) is 5.41 Å². The van der Waals surface area contributed by atoms with E-state index in [1.807, 2.05) is 0 Å². The first-order valence-electron chi connectivity index (χ1n) is 6.68. The Hall–Kier alpha value is -0.530. The summed E-state index contributed by atoms with van der Waals surface area (Å²) in [6.45, 7) is 3.41. The summed E-state index contributed by atoms with van der Waals surface area (Å²) >= 11 is 0. The van der Waals surface area contributed by atoms with Crippen molar-refractivity contribution in [3.8, 4) is 0 Å². The Morgan fingerprint density at radius 3 is 2.53 bits per heavy atom. The quantitative estimate of drug-likeness (QED) is 0.546. The minimum absolute atomic E-state index is 0.589. The van der Waals surface area contributed by atoms with Crippen LogP contribution in [-0.2, 0) is 0 Å². The van der Waals surface area contributed by atoms with Crippen LogP contribution in [0.15, 0.2) is 0 Å². The summed E-state index contributed by atoms with van der Waals surface area (Å²) in [5, 5.41) is 8.34. The third-order valence-corrected chi connectivity index (χ3v) is 4.15. The van der Waals surface area contributed by atoms with Crippen LogP contribution >= 0.6 is 0 Å². The number of hydrogen-bond acceptors (Lipinski definition) is 1. The molecule has 1 saturated heterocycles. The molecule has 0 bridgehead atoms. The van der Waals surface area contributed by atoms with Gasteiger partial charge in [-0.3, -0.25) is 5.41 Å². The molecular formula is C13H24N2. The van der Waals surface area contributed by atoms with Gasteiger partial charge in [-0.25, -0.2) is 0 Å². The van der Waals surface area contributed by atoms with Gasteiger partial charge < -0.3 is 4.90 Å². The number of nitrogens with one attached hydrogen (secondary N) is 1. The van der Waals surface area contributed by atoms with Crippen molar-refractivity contribution in [2.75, 3.05) is 6.54 Å². The van der Waals surface area contributed by atoms with E-state index in [9.17, 15) is 0 Å². The molecular weight excluding hydrogens is 184 g/mol. The summed E-state index contributed by atoms with van der Waals surface area (Å²) in [6, 6.07) is 0.680. The molecule has 1 aliphatic heterocycles. The van der Waals surface area contributed by atoms with E-state index in [-0.39, 0.29) is 0 Å². The summed E-state index contributed by atoms with van der Waals surface area (Å²) in [7, 11) is 0. The van der Waals surface area contributed by atoms with Crippen molar-refractivity contribution in [3.63, 3.8) is 0 Å². The highest BCUT2D eigenvalue weighted by molar-refractivity contribution is 5.82. The Morgan fingerprint density at radius 2 is 1.87 bits per heavy atom. The Labute approximate surface area is 93.6 Å². The first-order valence-corrected chi connectivity index (χ1v) is 6.68. The van der Waals surface area contributed by atoms with Crippen molar-refractivity contribution >= 4 is 5.84 Å².